The molecule has 1 unspecified atom stereocenters. The standard InChI is InChI=1S/C16H16O3/c1-12(16(17)18)14-7-9-15(10-8-14)19-11-13-5-3-2-4-6-13/h2-10,12H,11H2,1H3,(H,17,18)/i1+1,12+1,16+1. The molecule has 1 N–H and O–H groups in total. The zero-order valence-electron chi connectivity index (χ0n) is 10.7. The number of rotatable bonds is 5. The lowest BCUT2D eigenvalue weighted by Crippen LogP contribution is -2.07. The molecule has 0 aliphatic rings. The maximum Gasteiger partial charge on any atom is 0.310 e. The van der Waals surface area contributed by atoms with E-state index in [0.717, 1.165) is 16.9 Å². The molecular formula is C16H16O3. The van der Waals surface area contributed by atoms with Crippen LogP contribution in [-0.2, 0) is 11.4 Å². The van der Waals surface area contributed by atoms with Gasteiger partial charge < -0.3 is 9.84 Å². The predicted molar refractivity (Wildman–Crippen MR) is 73.3 cm³/mol. The minimum absolute atomic E-state index is 0.497. The van der Waals surface area contributed by atoms with Crippen molar-refractivity contribution in [2.45, 2.75) is 19.4 Å². The summed E-state index contributed by atoms with van der Waals surface area (Å²) in [5.74, 6) is -0.577. The van der Waals surface area contributed by atoms with Gasteiger partial charge in [0.15, 0.2) is 0 Å². The highest BCUT2D eigenvalue weighted by Gasteiger charge is 2.12. The van der Waals surface area contributed by atoms with Gasteiger partial charge in [0.05, 0.1) is 5.92 Å². The van der Waals surface area contributed by atoms with Crippen LogP contribution < -0.4 is 4.74 Å². The average molecular weight is 259 g/mol. The summed E-state index contributed by atoms with van der Waals surface area (Å²) >= 11 is 0. The summed E-state index contributed by atoms with van der Waals surface area (Å²) in [6.07, 6.45) is 0. The van der Waals surface area contributed by atoms with Crippen molar-refractivity contribution >= 4 is 5.97 Å². The van der Waals surface area contributed by atoms with Crippen LogP contribution in [0.2, 0.25) is 0 Å². The molecule has 0 amide bonds. The third-order valence-corrected chi connectivity index (χ3v) is 3.00. The summed E-state index contributed by atoms with van der Waals surface area (Å²) < 4.78 is 5.64. The number of aliphatic carboxylic acids is 1. The third kappa shape index (κ3) is 3.58. The van der Waals surface area contributed by atoms with E-state index in [1.54, 1.807) is 31.2 Å². The molecule has 19 heavy (non-hydrogen) atoms. The predicted octanol–water partition coefficient (Wildman–Crippen LogP) is 3.45. The van der Waals surface area contributed by atoms with Crippen molar-refractivity contribution in [2.75, 3.05) is 0 Å². The van der Waals surface area contributed by atoms with Crippen molar-refractivity contribution in [1.82, 2.24) is 0 Å². The summed E-state index contributed by atoms with van der Waals surface area (Å²) in [6, 6.07) is 17.1. The number of benzene rings is 2. The number of hydrogen-bond donors (Lipinski definition) is 1. The molecule has 98 valence electrons. The Morgan fingerprint density at radius 3 is 2.32 bits per heavy atom. The fourth-order valence-electron chi connectivity index (χ4n) is 1.74. The minimum atomic E-state index is -0.821. The third-order valence-electron chi connectivity index (χ3n) is 3.00. The van der Waals surface area contributed by atoms with Crippen molar-refractivity contribution in [3.05, 3.63) is 65.7 Å². The zero-order chi connectivity index (χ0) is 13.7. The Morgan fingerprint density at radius 2 is 1.74 bits per heavy atom. The molecule has 2 rings (SSSR count). The van der Waals surface area contributed by atoms with Crippen LogP contribution in [0.25, 0.3) is 0 Å². The van der Waals surface area contributed by atoms with E-state index in [1.165, 1.54) is 0 Å². The van der Waals surface area contributed by atoms with E-state index < -0.39 is 11.9 Å². The second kappa shape index (κ2) is 6.05. The molecule has 0 saturated carbocycles. The SMILES string of the molecule is [13CH3][13CH](c1ccc(OCc2ccccc2)cc1)[13C](=O)O. The van der Waals surface area contributed by atoms with Gasteiger partial charge in [0.2, 0.25) is 0 Å². The lowest BCUT2D eigenvalue weighted by Gasteiger charge is -2.09. The van der Waals surface area contributed by atoms with Gasteiger partial charge in [-0.15, -0.1) is 0 Å². The van der Waals surface area contributed by atoms with E-state index in [9.17, 15) is 4.79 Å². The number of carboxylic acids is 1. The first kappa shape index (κ1) is 13.1. The average Bonchev–Trinajstić information content (AvgIpc) is 2.46. The van der Waals surface area contributed by atoms with Crippen LogP contribution in [0.15, 0.2) is 54.6 Å². The Balaban J connectivity index is 1.97. The van der Waals surface area contributed by atoms with Crippen LogP contribution in [0.1, 0.15) is 24.0 Å². The molecule has 0 aliphatic carbocycles. The maximum absolute atomic E-state index is 10.9. The molecule has 0 radical (unpaired) electrons. The second-order valence-electron chi connectivity index (χ2n) is 4.40. The molecule has 0 heterocycles. The molecule has 0 aromatic heterocycles. The normalized spacial score (nSPS) is 11.8. The fourth-order valence-corrected chi connectivity index (χ4v) is 1.74. The molecule has 0 saturated heterocycles. The highest BCUT2D eigenvalue weighted by Crippen LogP contribution is 2.20. The molecule has 2 aromatic carbocycles. The van der Waals surface area contributed by atoms with E-state index >= 15 is 0 Å². The minimum Gasteiger partial charge on any atom is -0.489 e. The lowest BCUT2D eigenvalue weighted by atomic mass is 10.2. The van der Waals surface area contributed by atoms with Gasteiger partial charge in [-0.3, -0.25) is 4.79 Å². The van der Waals surface area contributed by atoms with E-state index in [2.05, 4.69) is 0 Å². The number of carbonyl (C=O) groups is 1. The van der Waals surface area contributed by atoms with Crippen molar-refractivity contribution in [3.8, 4) is 5.75 Å². The van der Waals surface area contributed by atoms with Gasteiger partial charge in [0, 0.05) is 0 Å². The molecule has 3 heteroatoms. The largest absolute Gasteiger partial charge is 0.489 e. The van der Waals surface area contributed by atoms with Gasteiger partial charge in [-0.2, -0.15) is 0 Å². The van der Waals surface area contributed by atoms with Crippen molar-refractivity contribution in [1.29, 1.82) is 0 Å². The Hall–Kier alpha value is -2.29. The topological polar surface area (TPSA) is 46.5 Å². The first-order valence-electron chi connectivity index (χ1n) is 6.16. The summed E-state index contributed by atoms with van der Waals surface area (Å²) in [7, 11) is 0. The van der Waals surface area contributed by atoms with Gasteiger partial charge in [-0.25, -0.2) is 0 Å². The summed E-state index contributed by atoms with van der Waals surface area (Å²) in [5.41, 5.74) is 1.88. The number of carboxylic acid groups (broad SMARTS) is 1. The Morgan fingerprint density at radius 1 is 1.11 bits per heavy atom. The summed E-state index contributed by atoms with van der Waals surface area (Å²) in [4.78, 5) is 10.9. The summed E-state index contributed by atoms with van der Waals surface area (Å²) in [5, 5.41) is 8.93. The maximum atomic E-state index is 10.9. The van der Waals surface area contributed by atoms with Gasteiger partial charge in [-0.1, -0.05) is 42.5 Å². The first-order valence-corrected chi connectivity index (χ1v) is 6.16. The number of hydrogen-bond acceptors (Lipinski definition) is 2. The molecule has 0 fully saturated rings. The van der Waals surface area contributed by atoms with Crippen molar-refractivity contribution in [3.63, 3.8) is 0 Å². The molecule has 0 aliphatic heterocycles. The van der Waals surface area contributed by atoms with E-state index in [4.69, 9.17) is 9.84 Å². The zero-order valence-corrected chi connectivity index (χ0v) is 10.7. The van der Waals surface area contributed by atoms with Crippen LogP contribution in [0.5, 0.6) is 5.75 Å². The number of ether oxygens (including phenoxy) is 1. The van der Waals surface area contributed by atoms with E-state index in [-0.39, 0.29) is 0 Å². The molecule has 2 aromatic rings. The van der Waals surface area contributed by atoms with E-state index in [1.807, 2.05) is 30.3 Å². The Labute approximate surface area is 112 Å². The van der Waals surface area contributed by atoms with Crippen LogP contribution in [0, 0.1) is 0 Å². The van der Waals surface area contributed by atoms with Crippen LogP contribution in [0.4, 0.5) is 0 Å². The van der Waals surface area contributed by atoms with Crippen LogP contribution >= 0.6 is 0 Å². The first-order chi connectivity index (χ1) is 9.16. The van der Waals surface area contributed by atoms with Crippen LogP contribution in [-0.4, -0.2) is 11.1 Å². The van der Waals surface area contributed by atoms with Gasteiger partial charge in [0.25, 0.3) is 0 Å². The Bertz CT molecular complexity index is 532. The van der Waals surface area contributed by atoms with Crippen LogP contribution in [0.3, 0.4) is 0 Å². The molecule has 1 atom stereocenters. The van der Waals surface area contributed by atoms with Gasteiger partial charge in [-0.05, 0) is 30.2 Å². The molecule has 0 spiro atoms. The van der Waals surface area contributed by atoms with Crippen molar-refractivity contribution in [2.24, 2.45) is 0 Å². The highest BCUT2D eigenvalue weighted by atomic mass is 16.5. The molecule has 0 bridgehead atoms. The monoisotopic (exact) mass is 259 g/mol. The van der Waals surface area contributed by atoms with Gasteiger partial charge in [0.1, 0.15) is 12.4 Å². The fraction of sp³-hybridized carbons (Fsp3) is 0.188. The molecule has 3 nitrogen and oxygen atoms in total. The van der Waals surface area contributed by atoms with Crippen molar-refractivity contribution < 1.29 is 14.6 Å². The quantitative estimate of drug-likeness (QED) is 0.836. The Kier molecular flexibility index (Phi) is 4.18. The smallest absolute Gasteiger partial charge is 0.310 e. The lowest BCUT2D eigenvalue weighted by molar-refractivity contribution is -0.138. The van der Waals surface area contributed by atoms with Gasteiger partial charge >= 0.3 is 5.97 Å². The van der Waals surface area contributed by atoms with E-state index in [0.29, 0.717) is 6.61 Å². The highest BCUT2D eigenvalue weighted by molar-refractivity contribution is 5.75. The second-order valence-corrected chi connectivity index (χ2v) is 4.40. The summed E-state index contributed by atoms with van der Waals surface area (Å²) in [6.45, 7) is 2.18. The molecular weight excluding hydrogens is 243 g/mol.